The van der Waals surface area contributed by atoms with Gasteiger partial charge in [-0.2, -0.15) is 0 Å². The van der Waals surface area contributed by atoms with Gasteiger partial charge >= 0.3 is 0 Å². The molecule has 2 heterocycles. The average Bonchev–Trinajstić information content (AvgIpc) is 3.20. The first-order valence-electron chi connectivity index (χ1n) is 17.4. The van der Waals surface area contributed by atoms with Gasteiger partial charge in [-0.15, -0.1) is 0 Å². The molecule has 9 aromatic carbocycles. The van der Waals surface area contributed by atoms with Gasteiger partial charge in [-0.25, -0.2) is 9.97 Å². The summed E-state index contributed by atoms with van der Waals surface area (Å²) in [7, 11) is 0. The average molecular weight is 648 g/mol. The molecule has 0 amide bonds. The van der Waals surface area contributed by atoms with E-state index in [1.54, 1.807) is 0 Å². The van der Waals surface area contributed by atoms with Crippen LogP contribution < -0.4 is 4.90 Å². The summed E-state index contributed by atoms with van der Waals surface area (Å²) < 4.78 is 0. The Morgan fingerprint density at radius 1 is 0.353 bits per heavy atom. The minimum Gasteiger partial charge on any atom is -0.309 e. The molecular formula is C48H29N3. The summed E-state index contributed by atoms with van der Waals surface area (Å²) in [6.07, 6.45) is 0. The molecule has 236 valence electrons. The predicted octanol–water partition coefficient (Wildman–Crippen LogP) is 13.0. The molecule has 0 aliphatic carbocycles. The SMILES string of the molecule is c1cc(-c2nc3ccccc3nc2-c2cc3ccccc3c3ccccc23)cc(N2c3cc4ccccc4cc3-c3cccc4cccc2c34)c1. The van der Waals surface area contributed by atoms with Gasteiger partial charge in [0.1, 0.15) is 0 Å². The fourth-order valence-electron chi connectivity index (χ4n) is 8.20. The fourth-order valence-corrected chi connectivity index (χ4v) is 8.20. The lowest BCUT2D eigenvalue weighted by Crippen LogP contribution is -2.15. The summed E-state index contributed by atoms with van der Waals surface area (Å²) in [6, 6.07) is 63.2. The lowest BCUT2D eigenvalue weighted by atomic mass is 9.89. The highest BCUT2D eigenvalue weighted by atomic mass is 15.2. The quantitative estimate of drug-likeness (QED) is 0.179. The molecule has 0 radical (unpaired) electrons. The third-order valence-electron chi connectivity index (χ3n) is 10.5. The van der Waals surface area contributed by atoms with Crippen LogP contribution in [0.15, 0.2) is 176 Å². The summed E-state index contributed by atoms with van der Waals surface area (Å²) in [5.41, 5.74) is 11.5. The monoisotopic (exact) mass is 647 g/mol. The van der Waals surface area contributed by atoms with Gasteiger partial charge in [0.15, 0.2) is 0 Å². The highest BCUT2D eigenvalue weighted by Crippen LogP contribution is 2.52. The molecule has 0 unspecified atom stereocenters. The van der Waals surface area contributed by atoms with Crippen LogP contribution >= 0.6 is 0 Å². The molecule has 0 saturated heterocycles. The third-order valence-corrected chi connectivity index (χ3v) is 10.5. The summed E-state index contributed by atoms with van der Waals surface area (Å²) >= 11 is 0. The topological polar surface area (TPSA) is 29.0 Å². The molecule has 0 atom stereocenters. The van der Waals surface area contributed by atoms with Crippen LogP contribution in [-0.2, 0) is 0 Å². The first-order valence-corrected chi connectivity index (χ1v) is 17.4. The van der Waals surface area contributed by atoms with Crippen LogP contribution in [0.5, 0.6) is 0 Å². The van der Waals surface area contributed by atoms with E-state index in [2.05, 4.69) is 169 Å². The third kappa shape index (κ3) is 4.25. The highest BCUT2D eigenvalue weighted by Gasteiger charge is 2.27. The molecule has 10 aromatic rings. The number of aromatic nitrogens is 2. The van der Waals surface area contributed by atoms with E-state index in [9.17, 15) is 0 Å². The lowest BCUT2D eigenvalue weighted by molar-refractivity contribution is 1.27. The predicted molar refractivity (Wildman–Crippen MR) is 214 cm³/mol. The van der Waals surface area contributed by atoms with Crippen molar-refractivity contribution in [3.63, 3.8) is 0 Å². The Hall–Kier alpha value is -6.84. The number of rotatable bonds is 3. The van der Waals surface area contributed by atoms with E-state index in [1.807, 2.05) is 12.1 Å². The van der Waals surface area contributed by atoms with E-state index < -0.39 is 0 Å². The molecular weight excluding hydrogens is 619 g/mol. The summed E-state index contributed by atoms with van der Waals surface area (Å²) in [5.74, 6) is 0. The number of nitrogens with zero attached hydrogens (tertiary/aromatic N) is 3. The van der Waals surface area contributed by atoms with Crippen molar-refractivity contribution in [1.82, 2.24) is 9.97 Å². The molecule has 0 spiro atoms. The van der Waals surface area contributed by atoms with E-state index in [0.29, 0.717) is 0 Å². The standard InChI is InChI=1S/C48H29N3/c1-2-13-32-29-45-40(27-31(32)12-1)39-22-10-15-30-16-11-25-44(46(30)39)51(45)35-18-9-17-34(26-35)47-48(50-43-24-8-7-23-42(43)49-47)41-28-33-14-3-4-19-36(33)37-20-5-6-21-38(37)41/h1-29H. The largest absolute Gasteiger partial charge is 0.309 e. The fraction of sp³-hybridized carbons (Fsp3) is 0. The van der Waals surface area contributed by atoms with Crippen molar-refractivity contribution in [2.75, 3.05) is 4.90 Å². The van der Waals surface area contributed by atoms with E-state index >= 15 is 0 Å². The highest BCUT2D eigenvalue weighted by molar-refractivity contribution is 6.17. The van der Waals surface area contributed by atoms with Crippen LogP contribution in [0.2, 0.25) is 0 Å². The normalized spacial score (nSPS) is 12.3. The maximum atomic E-state index is 5.38. The number of anilines is 3. The Balaban J connectivity index is 1.18. The zero-order valence-electron chi connectivity index (χ0n) is 27.6. The van der Waals surface area contributed by atoms with Crippen molar-refractivity contribution in [3.8, 4) is 33.6 Å². The van der Waals surface area contributed by atoms with Crippen molar-refractivity contribution in [2.24, 2.45) is 0 Å². The Labute approximate surface area is 294 Å². The van der Waals surface area contributed by atoms with Crippen molar-refractivity contribution >= 4 is 71.2 Å². The number of hydrogen-bond donors (Lipinski definition) is 0. The number of fused-ring (bicyclic) bond motifs is 7. The Morgan fingerprint density at radius 2 is 0.961 bits per heavy atom. The second-order valence-electron chi connectivity index (χ2n) is 13.4. The Morgan fingerprint density at radius 3 is 1.78 bits per heavy atom. The van der Waals surface area contributed by atoms with Gasteiger partial charge in [0.05, 0.1) is 33.8 Å². The van der Waals surface area contributed by atoms with Crippen LogP contribution in [0.1, 0.15) is 0 Å². The molecule has 0 fully saturated rings. The summed E-state index contributed by atoms with van der Waals surface area (Å²) in [4.78, 5) is 13.2. The first kappa shape index (κ1) is 28.0. The maximum Gasteiger partial charge on any atom is 0.0979 e. The summed E-state index contributed by atoms with van der Waals surface area (Å²) in [5, 5.41) is 9.75. The van der Waals surface area contributed by atoms with Crippen molar-refractivity contribution in [1.29, 1.82) is 0 Å². The molecule has 3 heteroatoms. The van der Waals surface area contributed by atoms with Crippen molar-refractivity contribution < 1.29 is 0 Å². The lowest BCUT2D eigenvalue weighted by Gasteiger charge is -2.34. The second kappa shape index (κ2) is 10.8. The first-order chi connectivity index (χ1) is 25.3. The smallest absolute Gasteiger partial charge is 0.0979 e. The number of hydrogen-bond acceptors (Lipinski definition) is 3. The van der Waals surface area contributed by atoms with Gasteiger partial charge in [-0.3, -0.25) is 0 Å². The van der Waals surface area contributed by atoms with Crippen LogP contribution in [0.25, 0.3) is 87.8 Å². The van der Waals surface area contributed by atoms with Gasteiger partial charge in [-0.05, 0) is 91.8 Å². The van der Waals surface area contributed by atoms with Crippen LogP contribution in [-0.4, -0.2) is 9.97 Å². The minimum absolute atomic E-state index is 0.866. The van der Waals surface area contributed by atoms with E-state index in [0.717, 1.165) is 39.2 Å². The molecule has 1 aliphatic rings. The van der Waals surface area contributed by atoms with Gasteiger partial charge in [0.2, 0.25) is 0 Å². The van der Waals surface area contributed by atoms with Crippen LogP contribution in [0.3, 0.4) is 0 Å². The van der Waals surface area contributed by atoms with E-state index in [-0.39, 0.29) is 0 Å². The van der Waals surface area contributed by atoms with Crippen molar-refractivity contribution in [2.45, 2.75) is 0 Å². The number of benzene rings is 9. The van der Waals surface area contributed by atoms with Crippen LogP contribution in [0, 0.1) is 0 Å². The minimum atomic E-state index is 0.866. The zero-order valence-corrected chi connectivity index (χ0v) is 27.6. The molecule has 0 bridgehead atoms. The molecule has 3 nitrogen and oxygen atoms in total. The van der Waals surface area contributed by atoms with E-state index in [1.165, 1.54) is 65.6 Å². The number of para-hydroxylation sites is 2. The Kier molecular flexibility index (Phi) is 5.96. The maximum absolute atomic E-state index is 5.38. The van der Waals surface area contributed by atoms with Crippen LogP contribution in [0.4, 0.5) is 17.1 Å². The van der Waals surface area contributed by atoms with Crippen molar-refractivity contribution in [3.05, 3.63) is 176 Å². The molecule has 0 saturated carbocycles. The van der Waals surface area contributed by atoms with E-state index in [4.69, 9.17) is 9.97 Å². The molecule has 51 heavy (non-hydrogen) atoms. The molecule has 1 aliphatic heterocycles. The second-order valence-corrected chi connectivity index (χ2v) is 13.4. The zero-order chi connectivity index (χ0) is 33.5. The van der Waals surface area contributed by atoms with Gasteiger partial charge in [0.25, 0.3) is 0 Å². The van der Waals surface area contributed by atoms with Gasteiger partial charge < -0.3 is 4.90 Å². The molecule has 11 rings (SSSR count). The Bertz CT molecular complexity index is 3050. The molecule has 1 aromatic heterocycles. The summed E-state index contributed by atoms with van der Waals surface area (Å²) in [6.45, 7) is 0. The van der Waals surface area contributed by atoms with Gasteiger partial charge in [-0.1, -0.05) is 127 Å². The molecule has 0 N–H and O–H groups in total. The van der Waals surface area contributed by atoms with Gasteiger partial charge in [0, 0.05) is 27.8 Å².